The fourth-order valence-corrected chi connectivity index (χ4v) is 3.44. The third-order valence-corrected chi connectivity index (χ3v) is 4.64. The molecule has 0 heterocycles. The molecular formula is C14H24NO4P. The molecule has 2 unspecified atom stereocenters. The molecule has 0 bridgehead atoms. The third kappa shape index (κ3) is 4.40. The molecule has 3 atom stereocenters. The third-order valence-electron chi connectivity index (χ3n) is 3.01. The molecule has 0 spiro atoms. The first kappa shape index (κ1) is 17.3. The summed E-state index contributed by atoms with van der Waals surface area (Å²) in [5, 5.41) is 10.5. The number of nitrogens with two attached hydrogens (primary N) is 1. The summed E-state index contributed by atoms with van der Waals surface area (Å²) in [4.78, 5) is 9.96. The molecule has 0 saturated heterocycles. The average Bonchev–Trinajstić information content (AvgIpc) is 2.37. The van der Waals surface area contributed by atoms with Crippen molar-refractivity contribution in [1.82, 2.24) is 0 Å². The molecule has 0 saturated carbocycles. The highest BCUT2D eigenvalue weighted by Crippen LogP contribution is 2.42. The van der Waals surface area contributed by atoms with Crippen LogP contribution < -0.4 is 11.0 Å². The van der Waals surface area contributed by atoms with E-state index >= 15 is 0 Å². The lowest BCUT2D eigenvalue weighted by atomic mass is 9.95. The molecule has 0 radical (unpaired) electrons. The highest BCUT2D eigenvalue weighted by atomic mass is 31.2. The van der Waals surface area contributed by atoms with Crippen LogP contribution in [-0.4, -0.2) is 22.6 Å². The van der Waals surface area contributed by atoms with E-state index in [1.54, 1.807) is 25.1 Å². The van der Waals surface area contributed by atoms with Crippen LogP contribution in [0.2, 0.25) is 0 Å². The quantitative estimate of drug-likeness (QED) is 0.669. The zero-order valence-corrected chi connectivity index (χ0v) is 13.1. The molecule has 0 fully saturated rings. The Morgan fingerprint density at radius 2 is 1.95 bits per heavy atom. The lowest BCUT2D eigenvalue weighted by Crippen LogP contribution is -2.32. The van der Waals surface area contributed by atoms with Crippen molar-refractivity contribution >= 4 is 12.9 Å². The van der Waals surface area contributed by atoms with Crippen molar-refractivity contribution in [3.63, 3.8) is 0 Å². The van der Waals surface area contributed by atoms with Gasteiger partial charge in [-0.2, -0.15) is 0 Å². The van der Waals surface area contributed by atoms with E-state index in [-0.39, 0.29) is 11.9 Å². The molecule has 1 aromatic carbocycles. The molecule has 1 rings (SSSR count). The smallest absolute Gasteiger partial charge is 0.359 e. The summed E-state index contributed by atoms with van der Waals surface area (Å²) in [5.74, 6) is 0.333. The minimum absolute atomic E-state index is 0.119. The van der Waals surface area contributed by atoms with Gasteiger partial charge in [-0.3, -0.25) is 4.57 Å². The van der Waals surface area contributed by atoms with Gasteiger partial charge in [0.15, 0.2) is 0 Å². The number of benzene rings is 1. The van der Waals surface area contributed by atoms with Crippen LogP contribution in [0.5, 0.6) is 0 Å². The second-order valence-electron chi connectivity index (χ2n) is 5.24. The van der Waals surface area contributed by atoms with E-state index in [0.29, 0.717) is 17.9 Å². The Balaban J connectivity index is 3.10. The van der Waals surface area contributed by atoms with Gasteiger partial charge in [0.05, 0.1) is 18.0 Å². The maximum absolute atomic E-state index is 12.2. The van der Waals surface area contributed by atoms with Gasteiger partial charge in [0.25, 0.3) is 0 Å². The summed E-state index contributed by atoms with van der Waals surface area (Å²) in [5.41, 5.74) is 6.34. The minimum atomic E-state index is -3.93. The van der Waals surface area contributed by atoms with Crippen LogP contribution in [0, 0.1) is 5.92 Å². The molecule has 114 valence electrons. The maximum Gasteiger partial charge on any atom is 0.359 e. The number of aliphatic hydroxyl groups excluding tert-OH is 1. The van der Waals surface area contributed by atoms with Gasteiger partial charge >= 0.3 is 7.60 Å². The largest absolute Gasteiger partial charge is 0.387 e. The standard InChI is InChI=1S/C14H24NO4P/c1-4-19-20(17,18)13-8-6-5-7-11(13)14(16)12(15)9-10(2)3/h5-8,10,12,14,16H,4,9,15H2,1-3H3,(H,17,18)/t12-,14?/m0/s1. The summed E-state index contributed by atoms with van der Waals surface area (Å²) < 4.78 is 17.1. The SMILES string of the molecule is CCOP(=O)(O)c1ccccc1C(O)[C@@H](N)CC(C)C. The maximum atomic E-state index is 12.2. The minimum Gasteiger partial charge on any atom is -0.387 e. The van der Waals surface area contributed by atoms with Crippen LogP contribution in [-0.2, 0) is 9.09 Å². The molecule has 0 aliphatic rings. The first-order valence-electron chi connectivity index (χ1n) is 6.80. The Labute approximate surface area is 120 Å². The fourth-order valence-electron chi connectivity index (χ4n) is 2.14. The van der Waals surface area contributed by atoms with Crippen molar-refractivity contribution in [1.29, 1.82) is 0 Å². The highest BCUT2D eigenvalue weighted by molar-refractivity contribution is 7.61. The lowest BCUT2D eigenvalue weighted by molar-refractivity contribution is 0.136. The van der Waals surface area contributed by atoms with Crippen molar-refractivity contribution in [3.05, 3.63) is 29.8 Å². The Hall–Kier alpha value is -0.710. The van der Waals surface area contributed by atoms with Crippen LogP contribution in [0.15, 0.2) is 24.3 Å². The zero-order valence-electron chi connectivity index (χ0n) is 12.2. The van der Waals surface area contributed by atoms with Crippen LogP contribution in [0.4, 0.5) is 0 Å². The van der Waals surface area contributed by atoms with Gasteiger partial charge in [0, 0.05) is 6.04 Å². The summed E-state index contributed by atoms with van der Waals surface area (Å²) in [6, 6.07) is 5.97. The normalized spacial score (nSPS) is 17.8. The second kappa shape index (κ2) is 7.34. The number of rotatable bonds is 7. The van der Waals surface area contributed by atoms with E-state index in [4.69, 9.17) is 10.3 Å². The topological polar surface area (TPSA) is 92.8 Å². The van der Waals surface area contributed by atoms with E-state index in [2.05, 4.69) is 0 Å². The second-order valence-corrected chi connectivity index (χ2v) is 7.02. The molecule has 1 aromatic rings. The van der Waals surface area contributed by atoms with Crippen molar-refractivity contribution in [2.45, 2.75) is 39.3 Å². The van der Waals surface area contributed by atoms with Gasteiger partial charge < -0.3 is 20.3 Å². The van der Waals surface area contributed by atoms with E-state index < -0.39 is 19.7 Å². The van der Waals surface area contributed by atoms with Gasteiger partial charge in [-0.15, -0.1) is 0 Å². The van der Waals surface area contributed by atoms with E-state index in [1.165, 1.54) is 6.07 Å². The van der Waals surface area contributed by atoms with Gasteiger partial charge in [-0.05, 0) is 30.9 Å². The van der Waals surface area contributed by atoms with E-state index in [0.717, 1.165) is 0 Å². The Bertz CT molecular complexity index is 478. The lowest BCUT2D eigenvalue weighted by Gasteiger charge is -2.24. The van der Waals surface area contributed by atoms with Crippen LogP contribution in [0.1, 0.15) is 38.9 Å². The first-order valence-corrected chi connectivity index (χ1v) is 8.37. The fraction of sp³-hybridized carbons (Fsp3) is 0.571. The molecule has 6 heteroatoms. The predicted molar refractivity (Wildman–Crippen MR) is 79.9 cm³/mol. The summed E-state index contributed by atoms with van der Waals surface area (Å²) in [6.07, 6.45) is -0.366. The Morgan fingerprint density at radius 1 is 1.35 bits per heavy atom. The zero-order chi connectivity index (χ0) is 15.3. The van der Waals surface area contributed by atoms with Gasteiger partial charge in [-0.25, -0.2) is 0 Å². The van der Waals surface area contributed by atoms with E-state index in [9.17, 15) is 14.6 Å². The summed E-state index contributed by atoms with van der Waals surface area (Å²) in [6.45, 7) is 5.79. The average molecular weight is 301 g/mol. The van der Waals surface area contributed by atoms with Gasteiger partial charge in [0.1, 0.15) is 0 Å². The number of hydrogen-bond acceptors (Lipinski definition) is 4. The number of hydrogen-bond donors (Lipinski definition) is 3. The molecule has 4 N–H and O–H groups in total. The van der Waals surface area contributed by atoms with Crippen molar-refractivity contribution in [2.24, 2.45) is 11.7 Å². The van der Waals surface area contributed by atoms with Gasteiger partial charge in [0.2, 0.25) is 0 Å². The van der Waals surface area contributed by atoms with Crippen LogP contribution in [0.25, 0.3) is 0 Å². The van der Waals surface area contributed by atoms with E-state index in [1.807, 2.05) is 13.8 Å². The first-order chi connectivity index (χ1) is 9.29. The highest BCUT2D eigenvalue weighted by Gasteiger charge is 2.30. The molecule has 5 nitrogen and oxygen atoms in total. The predicted octanol–water partition coefficient (Wildman–Crippen LogP) is 1.94. The van der Waals surface area contributed by atoms with Crippen molar-refractivity contribution in [2.75, 3.05) is 6.61 Å². The van der Waals surface area contributed by atoms with Crippen LogP contribution >= 0.6 is 7.60 Å². The summed E-state index contributed by atoms with van der Waals surface area (Å²) >= 11 is 0. The molecule has 0 amide bonds. The van der Waals surface area contributed by atoms with Gasteiger partial charge in [-0.1, -0.05) is 32.0 Å². The molecule has 0 aromatic heterocycles. The molecule has 0 aliphatic heterocycles. The van der Waals surface area contributed by atoms with Crippen molar-refractivity contribution < 1.29 is 19.1 Å². The molecule has 20 heavy (non-hydrogen) atoms. The Kier molecular flexibility index (Phi) is 6.37. The molecular weight excluding hydrogens is 277 g/mol. The van der Waals surface area contributed by atoms with Crippen molar-refractivity contribution in [3.8, 4) is 0 Å². The molecule has 0 aliphatic carbocycles. The monoisotopic (exact) mass is 301 g/mol. The number of aliphatic hydroxyl groups is 1. The Morgan fingerprint density at radius 3 is 2.50 bits per heavy atom. The summed E-state index contributed by atoms with van der Waals surface area (Å²) in [7, 11) is -3.93. The van der Waals surface area contributed by atoms with Crippen LogP contribution in [0.3, 0.4) is 0 Å².